The van der Waals surface area contributed by atoms with Crippen molar-refractivity contribution in [3.63, 3.8) is 0 Å². The third-order valence-corrected chi connectivity index (χ3v) is 3.56. The summed E-state index contributed by atoms with van der Waals surface area (Å²) in [6.07, 6.45) is 2.35. The molecule has 3 nitrogen and oxygen atoms in total. The summed E-state index contributed by atoms with van der Waals surface area (Å²) in [4.78, 5) is 2.26. The Balaban J connectivity index is 1.69. The first-order valence-electron chi connectivity index (χ1n) is 6.29. The number of likely N-dealkylation sites (tertiary alicyclic amines) is 1. The number of nitrogens with zero attached hydrogens (tertiary/aromatic N) is 1. The van der Waals surface area contributed by atoms with Crippen LogP contribution in [0.2, 0.25) is 0 Å². The summed E-state index contributed by atoms with van der Waals surface area (Å²) in [5.41, 5.74) is 0.458. The molecule has 0 aliphatic carbocycles. The van der Waals surface area contributed by atoms with Gasteiger partial charge in [0, 0.05) is 19.6 Å². The van der Waals surface area contributed by atoms with Gasteiger partial charge >= 0.3 is 0 Å². The van der Waals surface area contributed by atoms with Gasteiger partial charge in [-0.2, -0.15) is 0 Å². The lowest BCUT2D eigenvalue weighted by Gasteiger charge is -2.21. The van der Waals surface area contributed by atoms with Gasteiger partial charge in [0.25, 0.3) is 0 Å². The van der Waals surface area contributed by atoms with Crippen LogP contribution >= 0.6 is 0 Å². The second-order valence-electron chi connectivity index (χ2n) is 4.96. The Morgan fingerprint density at radius 2 is 2.00 bits per heavy atom. The molecule has 1 N–H and O–H groups in total. The zero-order valence-corrected chi connectivity index (χ0v) is 10.2. The lowest BCUT2D eigenvalue weighted by Crippen LogP contribution is -2.30. The second kappa shape index (κ2) is 4.59. The van der Waals surface area contributed by atoms with E-state index in [0.29, 0.717) is 12.3 Å². The van der Waals surface area contributed by atoms with Crippen molar-refractivity contribution in [3.8, 4) is 0 Å². The average molecular weight is 243 g/mol. The van der Waals surface area contributed by atoms with Gasteiger partial charge in [0.2, 0.25) is 0 Å². The van der Waals surface area contributed by atoms with Gasteiger partial charge in [-0.05, 0) is 24.1 Å². The molecule has 1 atom stereocenters. The zero-order chi connectivity index (χ0) is 12.4. The predicted octanol–water partition coefficient (Wildman–Crippen LogP) is 2.37. The standard InChI is InChI=1S/C15H17NO2/c17-15(14-7-4-10-18-14)8-9-16(12-15)11-13-5-2-1-3-6-13/h1-7,10,17H,8-9,11-12H2. The molecule has 2 heterocycles. The number of hydrogen-bond acceptors (Lipinski definition) is 3. The SMILES string of the molecule is OC1(c2ccco2)CCN(Cc2ccccc2)C1. The molecule has 1 unspecified atom stereocenters. The molecule has 1 fully saturated rings. The topological polar surface area (TPSA) is 36.6 Å². The van der Waals surface area contributed by atoms with E-state index in [1.807, 2.05) is 30.3 Å². The summed E-state index contributed by atoms with van der Waals surface area (Å²) in [6, 6.07) is 14.0. The van der Waals surface area contributed by atoms with Gasteiger partial charge in [0.05, 0.1) is 6.26 Å². The van der Waals surface area contributed by atoms with Crippen LogP contribution in [-0.2, 0) is 12.1 Å². The molecule has 0 spiro atoms. The van der Waals surface area contributed by atoms with E-state index in [4.69, 9.17) is 4.42 Å². The highest BCUT2D eigenvalue weighted by Crippen LogP contribution is 2.32. The second-order valence-corrected chi connectivity index (χ2v) is 4.96. The third-order valence-electron chi connectivity index (χ3n) is 3.56. The lowest BCUT2D eigenvalue weighted by atomic mass is 10.0. The Kier molecular flexibility index (Phi) is 2.94. The maximum atomic E-state index is 10.6. The summed E-state index contributed by atoms with van der Waals surface area (Å²) < 4.78 is 5.34. The van der Waals surface area contributed by atoms with E-state index in [0.717, 1.165) is 19.5 Å². The molecule has 3 rings (SSSR count). The third kappa shape index (κ3) is 2.19. The fraction of sp³-hybridized carbons (Fsp3) is 0.333. The van der Waals surface area contributed by atoms with Crippen LogP contribution < -0.4 is 0 Å². The van der Waals surface area contributed by atoms with Crippen LogP contribution in [-0.4, -0.2) is 23.1 Å². The van der Waals surface area contributed by atoms with E-state index in [2.05, 4.69) is 17.0 Å². The summed E-state index contributed by atoms with van der Waals surface area (Å²) >= 11 is 0. The zero-order valence-electron chi connectivity index (χ0n) is 10.2. The number of β-amino-alcohol motifs (C(OH)–C–C–N with tert-alkyl or cyclic N) is 1. The van der Waals surface area contributed by atoms with Crippen molar-refractivity contribution >= 4 is 0 Å². The minimum absolute atomic E-state index is 0.634. The molecule has 1 aliphatic rings. The first-order valence-corrected chi connectivity index (χ1v) is 6.29. The summed E-state index contributed by atoms with van der Waals surface area (Å²) in [5.74, 6) is 0.679. The van der Waals surface area contributed by atoms with Gasteiger partial charge in [-0.15, -0.1) is 0 Å². The molecule has 0 saturated carbocycles. The molecule has 18 heavy (non-hydrogen) atoms. The number of benzene rings is 1. The average Bonchev–Trinajstić information content (AvgIpc) is 3.01. The molecule has 1 aromatic heterocycles. The Hall–Kier alpha value is -1.58. The summed E-state index contributed by atoms with van der Waals surface area (Å²) in [7, 11) is 0. The fourth-order valence-electron chi connectivity index (χ4n) is 2.59. The molecule has 94 valence electrons. The Morgan fingerprint density at radius 3 is 2.72 bits per heavy atom. The van der Waals surface area contributed by atoms with E-state index in [1.165, 1.54) is 5.56 Å². The van der Waals surface area contributed by atoms with Crippen LogP contribution in [0.15, 0.2) is 53.1 Å². The molecular weight excluding hydrogens is 226 g/mol. The van der Waals surface area contributed by atoms with Gasteiger partial charge in [-0.1, -0.05) is 30.3 Å². The van der Waals surface area contributed by atoms with Crippen molar-refractivity contribution in [1.29, 1.82) is 0 Å². The van der Waals surface area contributed by atoms with E-state index >= 15 is 0 Å². The van der Waals surface area contributed by atoms with Gasteiger partial charge in [-0.3, -0.25) is 4.90 Å². The number of aliphatic hydroxyl groups is 1. The molecule has 0 radical (unpaired) electrons. The van der Waals surface area contributed by atoms with Gasteiger partial charge < -0.3 is 9.52 Å². The van der Waals surface area contributed by atoms with Crippen molar-refractivity contribution in [1.82, 2.24) is 4.90 Å². The minimum atomic E-state index is -0.821. The first kappa shape index (κ1) is 11.5. The van der Waals surface area contributed by atoms with E-state index in [1.54, 1.807) is 6.26 Å². The predicted molar refractivity (Wildman–Crippen MR) is 68.9 cm³/mol. The summed E-state index contributed by atoms with van der Waals surface area (Å²) in [5, 5.41) is 10.6. The normalized spacial score (nSPS) is 24.5. The highest BCUT2D eigenvalue weighted by Gasteiger charge is 2.39. The van der Waals surface area contributed by atoms with Gasteiger partial charge in [0.1, 0.15) is 11.4 Å². The highest BCUT2D eigenvalue weighted by molar-refractivity contribution is 5.17. The van der Waals surface area contributed by atoms with Crippen molar-refractivity contribution in [2.45, 2.75) is 18.6 Å². The fourth-order valence-corrected chi connectivity index (χ4v) is 2.59. The molecule has 2 aromatic rings. The first-order chi connectivity index (χ1) is 8.76. The highest BCUT2D eigenvalue weighted by atomic mass is 16.4. The van der Waals surface area contributed by atoms with Crippen molar-refractivity contribution in [2.24, 2.45) is 0 Å². The van der Waals surface area contributed by atoms with Gasteiger partial charge in [-0.25, -0.2) is 0 Å². The number of furan rings is 1. The monoisotopic (exact) mass is 243 g/mol. The molecular formula is C15H17NO2. The van der Waals surface area contributed by atoms with Crippen molar-refractivity contribution < 1.29 is 9.52 Å². The summed E-state index contributed by atoms with van der Waals surface area (Å²) in [6.45, 7) is 2.41. The molecule has 1 aliphatic heterocycles. The molecule has 1 aromatic carbocycles. The van der Waals surface area contributed by atoms with Crippen LogP contribution in [0.1, 0.15) is 17.7 Å². The van der Waals surface area contributed by atoms with Crippen LogP contribution in [0, 0.1) is 0 Å². The van der Waals surface area contributed by atoms with E-state index in [9.17, 15) is 5.11 Å². The minimum Gasteiger partial charge on any atom is -0.466 e. The Labute approximate surface area is 107 Å². The number of hydrogen-bond donors (Lipinski definition) is 1. The number of rotatable bonds is 3. The quantitative estimate of drug-likeness (QED) is 0.899. The van der Waals surface area contributed by atoms with E-state index in [-0.39, 0.29) is 0 Å². The lowest BCUT2D eigenvalue weighted by molar-refractivity contribution is 0.0236. The van der Waals surface area contributed by atoms with Crippen LogP contribution in [0.5, 0.6) is 0 Å². The van der Waals surface area contributed by atoms with Crippen LogP contribution in [0.25, 0.3) is 0 Å². The van der Waals surface area contributed by atoms with Crippen molar-refractivity contribution in [2.75, 3.05) is 13.1 Å². The largest absolute Gasteiger partial charge is 0.466 e. The Morgan fingerprint density at radius 1 is 1.17 bits per heavy atom. The smallest absolute Gasteiger partial charge is 0.136 e. The maximum Gasteiger partial charge on any atom is 0.136 e. The van der Waals surface area contributed by atoms with E-state index < -0.39 is 5.60 Å². The van der Waals surface area contributed by atoms with Crippen molar-refractivity contribution in [3.05, 3.63) is 60.1 Å². The van der Waals surface area contributed by atoms with Crippen LogP contribution in [0.4, 0.5) is 0 Å². The van der Waals surface area contributed by atoms with Gasteiger partial charge in [0.15, 0.2) is 0 Å². The van der Waals surface area contributed by atoms with Crippen LogP contribution in [0.3, 0.4) is 0 Å². The maximum absolute atomic E-state index is 10.6. The molecule has 0 amide bonds. The molecule has 0 bridgehead atoms. The molecule has 1 saturated heterocycles. The molecule has 3 heteroatoms. The Bertz CT molecular complexity index is 494.